The molecule has 0 saturated carbocycles. The van der Waals surface area contributed by atoms with Crippen LogP contribution in [0.1, 0.15) is 5.56 Å². The monoisotopic (exact) mass is 260 g/mol. The molecular weight excluding hydrogens is 255 g/mol. The van der Waals surface area contributed by atoms with E-state index in [1.165, 1.54) is 12.1 Å². The van der Waals surface area contributed by atoms with E-state index in [1.54, 1.807) is 0 Å². The van der Waals surface area contributed by atoms with Crippen LogP contribution in [0.25, 0.3) is 0 Å². The predicted molar refractivity (Wildman–Crippen MR) is 49.9 cm³/mol. The summed E-state index contributed by atoms with van der Waals surface area (Å²) >= 11 is 3.12. The van der Waals surface area contributed by atoms with Gasteiger partial charge in [-0.05, 0) is 28.1 Å². The van der Waals surface area contributed by atoms with Gasteiger partial charge in [-0.2, -0.15) is 0 Å². The van der Waals surface area contributed by atoms with Crippen LogP contribution in [0, 0.1) is 5.82 Å². The third kappa shape index (κ3) is 1.48. The smallest absolute Gasteiger partial charge is 0.345 e. The van der Waals surface area contributed by atoms with Gasteiger partial charge >= 0.3 is 5.97 Å². The standard InChI is InChI=1S/C9H6BrFO3/c10-6-3-5(11)1-4-2-7(9(12)13)14-8(4)6/h1,3,7H,2H2,(H,12,13)/t7-/m0/s1. The molecule has 2 rings (SSSR count). The molecule has 14 heavy (non-hydrogen) atoms. The van der Waals surface area contributed by atoms with Gasteiger partial charge in [-0.15, -0.1) is 0 Å². The second-order valence-corrected chi connectivity index (χ2v) is 3.88. The molecule has 1 N–H and O–H groups in total. The molecule has 1 heterocycles. The second-order valence-electron chi connectivity index (χ2n) is 3.02. The van der Waals surface area contributed by atoms with Crippen LogP contribution in [0.5, 0.6) is 5.75 Å². The second kappa shape index (κ2) is 3.24. The number of benzene rings is 1. The molecule has 1 aromatic carbocycles. The van der Waals surface area contributed by atoms with E-state index in [0.29, 0.717) is 15.8 Å². The quantitative estimate of drug-likeness (QED) is 0.840. The van der Waals surface area contributed by atoms with E-state index >= 15 is 0 Å². The number of halogens is 2. The summed E-state index contributed by atoms with van der Waals surface area (Å²) < 4.78 is 18.5. The zero-order valence-electron chi connectivity index (χ0n) is 6.96. The first kappa shape index (κ1) is 9.45. The molecule has 0 amide bonds. The Hall–Kier alpha value is -1.10. The van der Waals surface area contributed by atoms with Gasteiger partial charge in [0, 0.05) is 12.0 Å². The van der Waals surface area contributed by atoms with Gasteiger partial charge in [0.05, 0.1) is 4.47 Å². The van der Waals surface area contributed by atoms with E-state index in [9.17, 15) is 9.18 Å². The van der Waals surface area contributed by atoms with Gasteiger partial charge in [-0.25, -0.2) is 9.18 Å². The van der Waals surface area contributed by atoms with Crippen molar-refractivity contribution >= 4 is 21.9 Å². The Labute approximate surface area is 87.6 Å². The number of ether oxygens (including phenoxy) is 1. The number of rotatable bonds is 1. The van der Waals surface area contributed by atoms with Gasteiger partial charge < -0.3 is 9.84 Å². The molecule has 5 heteroatoms. The number of hydrogen-bond acceptors (Lipinski definition) is 2. The van der Waals surface area contributed by atoms with Gasteiger partial charge in [0.25, 0.3) is 0 Å². The van der Waals surface area contributed by atoms with Gasteiger partial charge in [-0.1, -0.05) is 0 Å². The molecule has 3 nitrogen and oxygen atoms in total. The number of aliphatic carboxylic acids is 1. The fraction of sp³-hybridized carbons (Fsp3) is 0.222. The SMILES string of the molecule is O=C(O)[C@@H]1Cc2cc(F)cc(Br)c2O1. The Morgan fingerprint density at radius 2 is 2.36 bits per heavy atom. The average Bonchev–Trinajstić information content (AvgIpc) is 2.47. The minimum absolute atomic E-state index is 0.209. The van der Waals surface area contributed by atoms with E-state index in [-0.39, 0.29) is 6.42 Å². The minimum Gasteiger partial charge on any atom is -0.478 e. The summed E-state index contributed by atoms with van der Waals surface area (Å²) in [6, 6.07) is 2.55. The lowest BCUT2D eigenvalue weighted by atomic mass is 10.1. The Balaban J connectivity index is 2.39. The summed E-state index contributed by atoms with van der Waals surface area (Å²) in [5.74, 6) is -1.00. The molecule has 1 atom stereocenters. The van der Waals surface area contributed by atoms with Crippen LogP contribution in [0.3, 0.4) is 0 Å². The van der Waals surface area contributed by atoms with Crippen molar-refractivity contribution < 1.29 is 19.0 Å². The maximum atomic E-state index is 12.9. The number of hydrogen-bond donors (Lipinski definition) is 1. The molecule has 0 spiro atoms. The highest BCUT2D eigenvalue weighted by molar-refractivity contribution is 9.10. The lowest BCUT2D eigenvalue weighted by molar-refractivity contribution is -0.144. The Morgan fingerprint density at radius 3 is 3.00 bits per heavy atom. The molecule has 0 aliphatic carbocycles. The first-order valence-corrected chi connectivity index (χ1v) is 4.74. The van der Waals surface area contributed by atoms with Crippen LogP contribution in [0.15, 0.2) is 16.6 Å². The molecule has 0 aromatic heterocycles. The molecule has 1 aromatic rings. The number of carbonyl (C=O) groups is 1. The van der Waals surface area contributed by atoms with Crippen molar-refractivity contribution in [2.45, 2.75) is 12.5 Å². The van der Waals surface area contributed by atoms with Crippen molar-refractivity contribution in [1.82, 2.24) is 0 Å². The topological polar surface area (TPSA) is 46.5 Å². The Kier molecular flexibility index (Phi) is 2.19. The average molecular weight is 261 g/mol. The summed E-state index contributed by atoms with van der Waals surface area (Å²) in [5.41, 5.74) is 0.587. The predicted octanol–water partition coefficient (Wildman–Crippen LogP) is 1.98. The molecule has 1 aliphatic heterocycles. The minimum atomic E-state index is -1.03. The van der Waals surface area contributed by atoms with Crippen LogP contribution >= 0.6 is 15.9 Å². The van der Waals surface area contributed by atoms with Crippen LogP contribution in [0.2, 0.25) is 0 Å². The fourth-order valence-corrected chi connectivity index (χ4v) is 1.99. The summed E-state index contributed by atoms with van der Waals surface area (Å²) in [7, 11) is 0. The van der Waals surface area contributed by atoms with Crippen LogP contribution < -0.4 is 4.74 Å². The summed E-state index contributed by atoms with van der Waals surface area (Å²) in [4.78, 5) is 10.6. The van der Waals surface area contributed by atoms with Crippen molar-refractivity contribution in [3.63, 3.8) is 0 Å². The van der Waals surface area contributed by atoms with Crippen molar-refractivity contribution in [3.05, 3.63) is 28.0 Å². The Morgan fingerprint density at radius 1 is 1.64 bits per heavy atom. The van der Waals surface area contributed by atoms with Gasteiger partial charge in [0.15, 0.2) is 6.10 Å². The zero-order chi connectivity index (χ0) is 10.3. The van der Waals surface area contributed by atoms with Crippen molar-refractivity contribution in [1.29, 1.82) is 0 Å². The van der Waals surface area contributed by atoms with E-state index in [0.717, 1.165) is 0 Å². The van der Waals surface area contributed by atoms with E-state index in [4.69, 9.17) is 9.84 Å². The number of fused-ring (bicyclic) bond motifs is 1. The Bertz CT molecular complexity index is 405. The first-order valence-electron chi connectivity index (χ1n) is 3.95. The molecular formula is C9H6BrFO3. The maximum Gasteiger partial charge on any atom is 0.345 e. The number of carboxylic acid groups (broad SMARTS) is 1. The van der Waals surface area contributed by atoms with E-state index in [1.807, 2.05) is 0 Å². The lowest BCUT2D eigenvalue weighted by Crippen LogP contribution is -2.24. The van der Waals surface area contributed by atoms with Crippen LogP contribution in [-0.4, -0.2) is 17.2 Å². The van der Waals surface area contributed by atoms with Gasteiger partial charge in [0.2, 0.25) is 0 Å². The molecule has 0 fully saturated rings. The van der Waals surface area contributed by atoms with Crippen molar-refractivity contribution in [3.8, 4) is 5.75 Å². The highest BCUT2D eigenvalue weighted by Crippen LogP contribution is 2.36. The van der Waals surface area contributed by atoms with Gasteiger partial charge in [-0.3, -0.25) is 0 Å². The van der Waals surface area contributed by atoms with Crippen molar-refractivity contribution in [2.24, 2.45) is 0 Å². The first-order chi connectivity index (χ1) is 6.58. The summed E-state index contributed by atoms with van der Waals surface area (Å²) in [6.45, 7) is 0. The summed E-state index contributed by atoms with van der Waals surface area (Å²) in [5, 5.41) is 8.71. The molecule has 0 radical (unpaired) electrons. The maximum absolute atomic E-state index is 12.9. The normalized spacial score (nSPS) is 18.9. The third-order valence-electron chi connectivity index (χ3n) is 2.03. The zero-order valence-corrected chi connectivity index (χ0v) is 8.54. The van der Waals surface area contributed by atoms with Crippen LogP contribution in [0.4, 0.5) is 4.39 Å². The lowest BCUT2D eigenvalue weighted by Gasteiger charge is -2.05. The molecule has 74 valence electrons. The fourth-order valence-electron chi connectivity index (χ4n) is 1.42. The number of carboxylic acids is 1. The molecule has 0 bridgehead atoms. The highest BCUT2D eigenvalue weighted by atomic mass is 79.9. The van der Waals surface area contributed by atoms with Crippen LogP contribution in [-0.2, 0) is 11.2 Å². The molecule has 1 aliphatic rings. The largest absolute Gasteiger partial charge is 0.478 e. The van der Waals surface area contributed by atoms with E-state index < -0.39 is 17.9 Å². The van der Waals surface area contributed by atoms with E-state index in [2.05, 4.69) is 15.9 Å². The molecule has 0 unspecified atom stereocenters. The van der Waals surface area contributed by atoms with Crippen molar-refractivity contribution in [2.75, 3.05) is 0 Å². The highest BCUT2D eigenvalue weighted by Gasteiger charge is 2.30. The molecule has 0 saturated heterocycles. The van der Waals surface area contributed by atoms with Gasteiger partial charge in [0.1, 0.15) is 11.6 Å². The summed E-state index contributed by atoms with van der Waals surface area (Å²) in [6.07, 6.45) is -0.691. The third-order valence-corrected chi connectivity index (χ3v) is 2.62.